The number of hydrogen-bond acceptors (Lipinski definition) is 0. The van der Waals surface area contributed by atoms with Gasteiger partial charge < -0.3 is 0 Å². The highest BCUT2D eigenvalue weighted by molar-refractivity contribution is 9.09. The van der Waals surface area contributed by atoms with Gasteiger partial charge in [-0.2, -0.15) is 0 Å². The van der Waals surface area contributed by atoms with E-state index in [-0.39, 0.29) is 10.6 Å². The van der Waals surface area contributed by atoms with Crippen LogP contribution in [0.25, 0.3) is 0 Å². The number of halogens is 5. The molecule has 0 aliphatic heterocycles. The van der Waals surface area contributed by atoms with Crippen LogP contribution in [-0.4, -0.2) is 5.33 Å². The lowest BCUT2D eigenvalue weighted by Gasteiger charge is -2.14. The van der Waals surface area contributed by atoms with Crippen LogP contribution in [0.4, 0.5) is 8.78 Å². The molecular weight excluding hydrogens is 285 g/mol. The average molecular weight is 290 g/mol. The average Bonchev–Trinajstić information content (AvgIpc) is 2.03. The van der Waals surface area contributed by atoms with Gasteiger partial charge in [0.05, 0.1) is 10.4 Å². The van der Waals surface area contributed by atoms with E-state index in [1.165, 1.54) is 18.2 Å². The van der Waals surface area contributed by atoms with E-state index < -0.39 is 11.3 Å². The lowest BCUT2D eigenvalue weighted by atomic mass is 10.1. The first-order valence-electron chi connectivity index (χ1n) is 3.36. The van der Waals surface area contributed by atoms with Gasteiger partial charge in [0.25, 0.3) is 5.92 Å². The van der Waals surface area contributed by atoms with Crippen molar-refractivity contribution in [2.24, 2.45) is 0 Å². The Morgan fingerprint density at radius 2 is 1.92 bits per heavy atom. The molecule has 1 aromatic carbocycles. The van der Waals surface area contributed by atoms with Crippen molar-refractivity contribution in [2.75, 3.05) is 5.33 Å². The highest BCUT2D eigenvalue weighted by Gasteiger charge is 2.32. The van der Waals surface area contributed by atoms with Crippen molar-refractivity contribution in [3.05, 3.63) is 33.8 Å². The van der Waals surface area contributed by atoms with Gasteiger partial charge in [-0.25, -0.2) is 8.78 Å². The van der Waals surface area contributed by atoms with E-state index in [1.807, 2.05) is 0 Å². The zero-order chi connectivity index (χ0) is 10.1. The van der Waals surface area contributed by atoms with Crippen LogP contribution in [0, 0.1) is 0 Å². The van der Waals surface area contributed by atoms with Crippen LogP contribution in [0.5, 0.6) is 0 Å². The third kappa shape index (κ3) is 2.55. The second-order valence-corrected chi connectivity index (χ2v) is 3.87. The van der Waals surface area contributed by atoms with Crippen LogP contribution in [0.2, 0.25) is 10.0 Å². The molecule has 0 fully saturated rings. The largest absolute Gasteiger partial charge is 0.284 e. The second kappa shape index (κ2) is 4.11. The molecule has 13 heavy (non-hydrogen) atoms. The SMILES string of the molecule is FC(F)(CBr)c1ccc(Cl)cc1Cl. The highest BCUT2D eigenvalue weighted by atomic mass is 79.9. The predicted molar refractivity (Wildman–Crippen MR) is 54.2 cm³/mol. The van der Waals surface area contributed by atoms with E-state index in [2.05, 4.69) is 15.9 Å². The molecule has 0 aliphatic rings. The van der Waals surface area contributed by atoms with Crippen LogP contribution < -0.4 is 0 Å². The first-order chi connectivity index (χ1) is 5.97. The van der Waals surface area contributed by atoms with Gasteiger partial charge in [-0.15, -0.1) is 0 Å². The molecular formula is C8H5BrCl2F2. The van der Waals surface area contributed by atoms with E-state index in [1.54, 1.807) is 0 Å². The zero-order valence-corrected chi connectivity index (χ0v) is 9.43. The molecule has 0 unspecified atom stereocenters. The van der Waals surface area contributed by atoms with E-state index in [0.29, 0.717) is 5.02 Å². The Hall–Kier alpha value is 0.140. The Morgan fingerprint density at radius 3 is 2.38 bits per heavy atom. The summed E-state index contributed by atoms with van der Waals surface area (Å²) in [6.45, 7) is 0. The van der Waals surface area contributed by atoms with Crippen molar-refractivity contribution in [3.63, 3.8) is 0 Å². The summed E-state index contributed by atoms with van der Waals surface area (Å²) < 4.78 is 26.2. The topological polar surface area (TPSA) is 0 Å². The van der Waals surface area contributed by atoms with Gasteiger partial charge in [0.2, 0.25) is 0 Å². The summed E-state index contributed by atoms with van der Waals surface area (Å²) in [7, 11) is 0. The first kappa shape index (κ1) is 11.2. The van der Waals surface area contributed by atoms with Crippen molar-refractivity contribution in [1.29, 1.82) is 0 Å². The van der Waals surface area contributed by atoms with Gasteiger partial charge in [-0.05, 0) is 12.1 Å². The summed E-state index contributed by atoms with van der Waals surface area (Å²) in [6, 6.07) is 3.92. The van der Waals surface area contributed by atoms with Crippen molar-refractivity contribution >= 4 is 39.1 Å². The third-order valence-corrected chi connectivity index (χ3v) is 2.75. The molecule has 5 heteroatoms. The molecule has 0 atom stereocenters. The lowest BCUT2D eigenvalue weighted by molar-refractivity contribution is 0.0247. The van der Waals surface area contributed by atoms with Crippen molar-refractivity contribution in [2.45, 2.75) is 5.92 Å². The van der Waals surface area contributed by atoms with Gasteiger partial charge in [-0.3, -0.25) is 0 Å². The van der Waals surface area contributed by atoms with E-state index in [4.69, 9.17) is 23.2 Å². The molecule has 0 saturated heterocycles. The number of rotatable bonds is 2. The first-order valence-corrected chi connectivity index (χ1v) is 5.24. The van der Waals surface area contributed by atoms with E-state index in [9.17, 15) is 8.78 Å². The molecule has 0 aromatic heterocycles. The smallest absolute Gasteiger partial charge is 0.200 e. The second-order valence-electron chi connectivity index (χ2n) is 2.46. The third-order valence-electron chi connectivity index (χ3n) is 1.49. The normalized spacial score (nSPS) is 11.8. The molecule has 0 N–H and O–H groups in total. The summed E-state index contributed by atoms with van der Waals surface area (Å²) in [6.07, 6.45) is 0. The molecule has 0 saturated carbocycles. The summed E-state index contributed by atoms with van der Waals surface area (Å²) >= 11 is 13.9. The van der Waals surface area contributed by atoms with Crippen LogP contribution in [0.1, 0.15) is 5.56 Å². The fourth-order valence-corrected chi connectivity index (χ4v) is 1.71. The molecule has 1 rings (SSSR count). The standard InChI is InChI=1S/C8H5BrCl2F2/c9-4-8(12,13)6-2-1-5(10)3-7(6)11/h1-3H,4H2. The summed E-state index contributed by atoms with van der Waals surface area (Å²) in [5.41, 5.74) is -0.213. The Balaban J connectivity index is 3.16. The molecule has 1 aromatic rings. The molecule has 0 radical (unpaired) electrons. The van der Waals surface area contributed by atoms with Crippen molar-refractivity contribution < 1.29 is 8.78 Å². The van der Waals surface area contributed by atoms with E-state index >= 15 is 0 Å². The quantitative estimate of drug-likeness (QED) is 0.704. The number of benzene rings is 1. The molecule has 0 aliphatic carbocycles. The highest BCUT2D eigenvalue weighted by Crippen LogP contribution is 2.35. The van der Waals surface area contributed by atoms with Crippen LogP contribution >= 0.6 is 39.1 Å². The maximum atomic E-state index is 13.1. The Labute approximate surface area is 93.0 Å². The monoisotopic (exact) mass is 288 g/mol. The minimum absolute atomic E-state index is 0.0167. The van der Waals surface area contributed by atoms with Gasteiger partial charge in [0, 0.05) is 10.6 Å². The zero-order valence-electron chi connectivity index (χ0n) is 6.33. The van der Waals surface area contributed by atoms with Crippen LogP contribution in [-0.2, 0) is 5.92 Å². The van der Waals surface area contributed by atoms with Gasteiger partial charge >= 0.3 is 0 Å². The molecule has 0 spiro atoms. The maximum Gasteiger partial charge on any atom is 0.284 e. The van der Waals surface area contributed by atoms with Crippen molar-refractivity contribution in [1.82, 2.24) is 0 Å². The minimum atomic E-state index is -2.96. The van der Waals surface area contributed by atoms with Crippen LogP contribution in [0.15, 0.2) is 18.2 Å². The predicted octanol–water partition coefficient (Wildman–Crippen LogP) is 4.48. The maximum absolute atomic E-state index is 13.1. The molecule has 0 heterocycles. The molecule has 0 bridgehead atoms. The molecule has 72 valence electrons. The fraction of sp³-hybridized carbons (Fsp3) is 0.250. The Morgan fingerprint density at radius 1 is 1.31 bits per heavy atom. The van der Waals surface area contributed by atoms with Crippen molar-refractivity contribution in [3.8, 4) is 0 Å². The van der Waals surface area contributed by atoms with E-state index in [0.717, 1.165) is 0 Å². The Bertz CT molecular complexity index is 315. The van der Waals surface area contributed by atoms with Crippen LogP contribution in [0.3, 0.4) is 0 Å². The van der Waals surface area contributed by atoms with Gasteiger partial charge in [0.1, 0.15) is 0 Å². The molecule has 0 amide bonds. The van der Waals surface area contributed by atoms with Gasteiger partial charge in [-0.1, -0.05) is 45.2 Å². The number of hydrogen-bond donors (Lipinski definition) is 0. The molecule has 0 nitrogen and oxygen atoms in total. The fourth-order valence-electron chi connectivity index (χ4n) is 0.858. The summed E-state index contributed by atoms with van der Waals surface area (Å²) in [4.78, 5) is 0. The minimum Gasteiger partial charge on any atom is -0.200 e. The lowest BCUT2D eigenvalue weighted by Crippen LogP contribution is -2.15. The summed E-state index contributed by atoms with van der Waals surface area (Å²) in [5, 5.41) is -0.127. The Kier molecular flexibility index (Phi) is 3.55. The number of alkyl halides is 3. The summed E-state index contributed by atoms with van der Waals surface area (Å²) in [5.74, 6) is -2.96. The van der Waals surface area contributed by atoms with Gasteiger partial charge in [0.15, 0.2) is 0 Å².